The van der Waals surface area contributed by atoms with Crippen molar-refractivity contribution in [2.75, 3.05) is 6.54 Å². The third kappa shape index (κ3) is 3.00. The van der Waals surface area contributed by atoms with Gasteiger partial charge in [-0.15, -0.1) is 0 Å². The monoisotopic (exact) mass is 263 g/mol. The maximum atomic E-state index is 13.7. The summed E-state index contributed by atoms with van der Waals surface area (Å²) in [6, 6.07) is 4.45. The molecular weight excluding hydrogens is 245 g/mol. The third-order valence-corrected chi connectivity index (χ3v) is 3.51. The molecular formula is C15H18FNO2. The lowest BCUT2D eigenvalue weighted by molar-refractivity contribution is -0.117. The Balaban J connectivity index is 2.23. The first-order chi connectivity index (χ1) is 8.99. The zero-order valence-electron chi connectivity index (χ0n) is 11.3. The summed E-state index contributed by atoms with van der Waals surface area (Å²) in [5, 5.41) is 0. The molecule has 1 aliphatic rings. The van der Waals surface area contributed by atoms with Crippen LogP contribution < -0.4 is 0 Å². The minimum atomic E-state index is -0.496. The summed E-state index contributed by atoms with van der Waals surface area (Å²) in [6.07, 6.45) is 2.05. The highest BCUT2D eigenvalue weighted by Crippen LogP contribution is 2.24. The van der Waals surface area contributed by atoms with Gasteiger partial charge in [-0.1, -0.05) is 11.6 Å². The molecule has 1 fully saturated rings. The predicted octanol–water partition coefficient (Wildman–Crippen LogP) is 2.72. The predicted molar refractivity (Wildman–Crippen MR) is 70.5 cm³/mol. The van der Waals surface area contributed by atoms with Gasteiger partial charge in [-0.05, 0) is 38.8 Å². The molecule has 1 aliphatic heterocycles. The number of likely N-dealkylation sites (tertiary alicyclic amines) is 1. The van der Waals surface area contributed by atoms with Gasteiger partial charge in [0, 0.05) is 19.0 Å². The summed E-state index contributed by atoms with van der Waals surface area (Å²) in [7, 11) is 0. The number of carbonyl (C=O) groups is 2. The van der Waals surface area contributed by atoms with Gasteiger partial charge in [0.2, 0.25) is 0 Å². The van der Waals surface area contributed by atoms with Crippen molar-refractivity contribution in [3.8, 4) is 0 Å². The highest BCUT2D eigenvalue weighted by molar-refractivity contribution is 5.95. The minimum Gasteiger partial charge on any atom is -0.335 e. The number of rotatable bonds is 3. The number of ketones is 1. The second kappa shape index (κ2) is 5.51. The van der Waals surface area contributed by atoms with Crippen molar-refractivity contribution in [1.29, 1.82) is 0 Å². The first-order valence-corrected chi connectivity index (χ1v) is 6.55. The topological polar surface area (TPSA) is 37.4 Å². The van der Waals surface area contributed by atoms with Gasteiger partial charge in [-0.2, -0.15) is 0 Å². The summed E-state index contributed by atoms with van der Waals surface area (Å²) >= 11 is 0. The average Bonchev–Trinajstić information content (AvgIpc) is 2.78. The second-order valence-corrected chi connectivity index (χ2v) is 5.18. The first-order valence-electron chi connectivity index (χ1n) is 6.55. The molecule has 19 heavy (non-hydrogen) atoms. The van der Waals surface area contributed by atoms with Crippen molar-refractivity contribution in [3.63, 3.8) is 0 Å². The van der Waals surface area contributed by atoms with Crippen LogP contribution >= 0.6 is 0 Å². The van der Waals surface area contributed by atoms with E-state index < -0.39 is 5.82 Å². The maximum absolute atomic E-state index is 13.7. The Morgan fingerprint density at radius 2 is 2.16 bits per heavy atom. The number of nitrogens with zero attached hydrogens (tertiary/aromatic N) is 1. The van der Waals surface area contributed by atoms with Gasteiger partial charge in [-0.25, -0.2) is 4.39 Å². The summed E-state index contributed by atoms with van der Waals surface area (Å²) in [5.41, 5.74) is 0.961. The van der Waals surface area contributed by atoms with Crippen LogP contribution in [0.1, 0.15) is 42.1 Å². The van der Waals surface area contributed by atoms with E-state index in [1.165, 1.54) is 13.0 Å². The number of halogens is 1. The molecule has 0 bridgehead atoms. The van der Waals surface area contributed by atoms with Crippen LogP contribution in [0.3, 0.4) is 0 Å². The van der Waals surface area contributed by atoms with Crippen LogP contribution in [-0.2, 0) is 4.79 Å². The molecule has 1 amide bonds. The Bertz CT molecular complexity index is 513. The second-order valence-electron chi connectivity index (χ2n) is 5.18. The lowest BCUT2D eigenvalue weighted by atomic mass is 10.1. The summed E-state index contributed by atoms with van der Waals surface area (Å²) in [5.74, 6) is -0.733. The van der Waals surface area contributed by atoms with Crippen molar-refractivity contribution in [2.45, 2.75) is 39.2 Å². The highest BCUT2D eigenvalue weighted by atomic mass is 19.1. The molecule has 1 heterocycles. The van der Waals surface area contributed by atoms with Gasteiger partial charge in [0.15, 0.2) is 0 Å². The molecule has 2 rings (SSSR count). The number of amides is 1. The molecule has 1 aromatic carbocycles. The standard InChI is InChI=1S/C15H18FNO2/c1-10-5-6-14(16)13(8-10)15(19)17-7-3-4-12(17)9-11(2)18/h5-6,8,12H,3-4,7,9H2,1-2H3. The molecule has 1 atom stereocenters. The first kappa shape index (κ1) is 13.7. The summed E-state index contributed by atoms with van der Waals surface area (Å²) in [6.45, 7) is 3.95. The summed E-state index contributed by atoms with van der Waals surface area (Å²) in [4.78, 5) is 25.2. The van der Waals surface area contributed by atoms with Gasteiger partial charge in [-0.3, -0.25) is 9.59 Å². The fourth-order valence-electron chi connectivity index (χ4n) is 2.60. The Morgan fingerprint density at radius 1 is 1.42 bits per heavy atom. The zero-order valence-corrected chi connectivity index (χ0v) is 11.3. The normalized spacial score (nSPS) is 18.7. The van der Waals surface area contributed by atoms with Gasteiger partial charge in [0.25, 0.3) is 5.91 Å². The SMILES string of the molecule is CC(=O)CC1CCCN1C(=O)c1cc(C)ccc1F. The van der Waals surface area contributed by atoms with Crippen LogP contribution in [0.25, 0.3) is 0 Å². The number of benzene rings is 1. The van der Waals surface area contributed by atoms with E-state index in [9.17, 15) is 14.0 Å². The van der Waals surface area contributed by atoms with E-state index in [1.807, 2.05) is 6.92 Å². The van der Waals surface area contributed by atoms with E-state index in [4.69, 9.17) is 0 Å². The van der Waals surface area contributed by atoms with Crippen LogP contribution in [0, 0.1) is 12.7 Å². The van der Waals surface area contributed by atoms with Gasteiger partial charge >= 0.3 is 0 Å². The molecule has 102 valence electrons. The zero-order chi connectivity index (χ0) is 14.0. The van der Waals surface area contributed by atoms with E-state index >= 15 is 0 Å². The number of hydrogen-bond donors (Lipinski definition) is 0. The molecule has 0 spiro atoms. The Morgan fingerprint density at radius 3 is 2.84 bits per heavy atom. The van der Waals surface area contributed by atoms with Crippen molar-refractivity contribution in [3.05, 3.63) is 35.1 Å². The van der Waals surface area contributed by atoms with Gasteiger partial charge in [0.05, 0.1) is 5.56 Å². The molecule has 3 nitrogen and oxygen atoms in total. The quantitative estimate of drug-likeness (QED) is 0.841. The summed E-state index contributed by atoms with van der Waals surface area (Å²) < 4.78 is 13.7. The molecule has 0 N–H and O–H groups in total. The van der Waals surface area contributed by atoms with Crippen LogP contribution in [0.2, 0.25) is 0 Å². The van der Waals surface area contributed by atoms with Gasteiger partial charge in [0.1, 0.15) is 11.6 Å². The van der Waals surface area contributed by atoms with Crippen LogP contribution in [-0.4, -0.2) is 29.2 Å². The number of carbonyl (C=O) groups excluding carboxylic acids is 2. The molecule has 4 heteroatoms. The maximum Gasteiger partial charge on any atom is 0.257 e. The minimum absolute atomic E-state index is 0.0643. The van der Waals surface area contributed by atoms with Crippen LogP contribution in [0.15, 0.2) is 18.2 Å². The molecule has 1 saturated heterocycles. The molecule has 0 radical (unpaired) electrons. The Hall–Kier alpha value is -1.71. The van der Waals surface area contributed by atoms with E-state index in [-0.39, 0.29) is 23.3 Å². The molecule has 1 aromatic rings. The third-order valence-electron chi connectivity index (χ3n) is 3.51. The number of aryl methyl sites for hydroxylation is 1. The molecule has 1 unspecified atom stereocenters. The van der Waals surface area contributed by atoms with Crippen molar-refractivity contribution < 1.29 is 14.0 Å². The van der Waals surface area contributed by atoms with E-state index in [0.29, 0.717) is 13.0 Å². The van der Waals surface area contributed by atoms with Crippen LogP contribution in [0.5, 0.6) is 0 Å². The smallest absolute Gasteiger partial charge is 0.257 e. The fraction of sp³-hybridized carbons (Fsp3) is 0.467. The lowest BCUT2D eigenvalue weighted by Crippen LogP contribution is -2.37. The number of hydrogen-bond acceptors (Lipinski definition) is 2. The van der Waals surface area contributed by atoms with E-state index in [0.717, 1.165) is 18.4 Å². The lowest BCUT2D eigenvalue weighted by Gasteiger charge is -2.24. The van der Waals surface area contributed by atoms with E-state index in [1.54, 1.807) is 17.0 Å². The van der Waals surface area contributed by atoms with Gasteiger partial charge < -0.3 is 4.90 Å². The number of Topliss-reactive ketones (excluding diaryl/α,β-unsaturated/α-hetero) is 1. The molecule has 0 aliphatic carbocycles. The Kier molecular flexibility index (Phi) is 3.98. The van der Waals surface area contributed by atoms with Crippen molar-refractivity contribution >= 4 is 11.7 Å². The highest BCUT2D eigenvalue weighted by Gasteiger charge is 2.31. The van der Waals surface area contributed by atoms with Crippen molar-refractivity contribution in [1.82, 2.24) is 4.90 Å². The average molecular weight is 263 g/mol. The largest absolute Gasteiger partial charge is 0.335 e. The van der Waals surface area contributed by atoms with Crippen LogP contribution in [0.4, 0.5) is 4.39 Å². The van der Waals surface area contributed by atoms with E-state index in [2.05, 4.69) is 0 Å². The fourth-order valence-corrected chi connectivity index (χ4v) is 2.60. The molecule has 0 aromatic heterocycles. The Labute approximate surface area is 112 Å². The van der Waals surface area contributed by atoms with Crippen molar-refractivity contribution in [2.24, 2.45) is 0 Å². The molecule has 0 saturated carbocycles.